The van der Waals surface area contributed by atoms with E-state index in [9.17, 15) is 4.79 Å². The Morgan fingerprint density at radius 2 is 1.83 bits per heavy atom. The van der Waals surface area contributed by atoms with Crippen molar-refractivity contribution >= 4 is 17.2 Å². The maximum atomic E-state index is 12.8. The molecule has 0 aliphatic carbocycles. The maximum Gasteiger partial charge on any atom is 0.259 e. The van der Waals surface area contributed by atoms with Gasteiger partial charge >= 0.3 is 0 Å². The van der Waals surface area contributed by atoms with Crippen molar-refractivity contribution in [1.29, 1.82) is 0 Å². The number of nitrogens with zero attached hydrogens (tertiary/aromatic N) is 4. The molecule has 0 atom stereocenters. The Morgan fingerprint density at radius 3 is 2.62 bits per heavy atom. The van der Waals surface area contributed by atoms with Crippen LogP contribution >= 0.6 is 0 Å². The van der Waals surface area contributed by atoms with E-state index in [1.54, 1.807) is 22.7 Å². The molecule has 2 aromatic heterocycles. The Labute approximate surface area is 167 Å². The molecule has 4 rings (SSSR count). The standard InChI is InChI=1S/C21H19N5O3/c1-13-23-24-19-11-10-17(25-26(13)19)14-6-4-7-15(12-14)22-21(27)16-8-5-9-18(28-2)20(16)29-3/h4-12H,1-3H3,(H,22,27). The zero-order valence-electron chi connectivity index (χ0n) is 16.2. The molecule has 0 aliphatic rings. The van der Waals surface area contributed by atoms with Crippen molar-refractivity contribution in [2.75, 3.05) is 19.5 Å². The van der Waals surface area contributed by atoms with Gasteiger partial charge in [-0.25, -0.2) is 0 Å². The number of fused-ring (bicyclic) bond motifs is 1. The number of amides is 1. The van der Waals surface area contributed by atoms with Gasteiger partial charge in [-0.05, 0) is 43.3 Å². The number of carbonyl (C=O) groups excluding carboxylic acids is 1. The number of aromatic nitrogens is 4. The zero-order chi connectivity index (χ0) is 20.4. The third-order valence-electron chi connectivity index (χ3n) is 4.48. The minimum Gasteiger partial charge on any atom is -0.493 e. The van der Waals surface area contributed by atoms with E-state index in [2.05, 4.69) is 20.6 Å². The molecule has 0 fully saturated rings. The molecular formula is C21H19N5O3. The molecule has 0 radical (unpaired) electrons. The SMILES string of the molecule is COc1cccc(C(=O)Nc2cccc(-c3ccc4nnc(C)n4n3)c2)c1OC. The first kappa shape index (κ1) is 18.4. The van der Waals surface area contributed by atoms with E-state index in [4.69, 9.17) is 9.47 Å². The predicted octanol–water partition coefficient (Wildman–Crippen LogP) is 3.37. The van der Waals surface area contributed by atoms with Crippen LogP contribution in [0.15, 0.2) is 54.6 Å². The number of methoxy groups -OCH3 is 2. The first-order valence-electron chi connectivity index (χ1n) is 8.92. The summed E-state index contributed by atoms with van der Waals surface area (Å²) < 4.78 is 12.3. The van der Waals surface area contributed by atoms with Crippen molar-refractivity contribution in [2.45, 2.75) is 6.92 Å². The summed E-state index contributed by atoms with van der Waals surface area (Å²) in [5.74, 6) is 1.29. The largest absolute Gasteiger partial charge is 0.493 e. The van der Waals surface area contributed by atoms with Crippen molar-refractivity contribution in [3.8, 4) is 22.8 Å². The monoisotopic (exact) mass is 389 g/mol. The quantitative estimate of drug-likeness (QED) is 0.563. The van der Waals surface area contributed by atoms with Crippen LogP contribution in [0.25, 0.3) is 16.9 Å². The van der Waals surface area contributed by atoms with Gasteiger partial charge in [-0.15, -0.1) is 10.2 Å². The summed E-state index contributed by atoms with van der Waals surface area (Å²) in [4.78, 5) is 12.8. The van der Waals surface area contributed by atoms with Crippen LogP contribution in [0.2, 0.25) is 0 Å². The Balaban J connectivity index is 1.64. The molecule has 0 saturated carbocycles. The number of ether oxygens (including phenoxy) is 2. The number of rotatable bonds is 5. The normalized spacial score (nSPS) is 10.7. The van der Waals surface area contributed by atoms with E-state index in [0.29, 0.717) is 34.2 Å². The summed E-state index contributed by atoms with van der Waals surface area (Å²) in [6.07, 6.45) is 0. The summed E-state index contributed by atoms with van der Waals surface area (Å²) in [5.41, 5.74) is 3.31. The fourth-order valence-corrected chi connectivity index (χ4v) is 3.07. The molecule has 29 heavy (non-hydrogen) atoms. The van der Waals surface area contributed by atoms with E-state index in [-0.39, 0.29) is 5.91 Å². The lowest BCUT2D eigenvalue weighted by molar-refractivity contribution is 0.102. The van der Waals surface area contributed by atoms with Crippen LogP contribution in [0.4, 0.5) is 5.69 Å². The molecule has 2 aromatic carbocycles. The molecule has 0 aliphatic heterocycles. The van der Waals surface area contributed by atoms with Crippen LogP contribution in [0, 0.1) is 6.92 Å². The highest BCUT2D eigenvalue weighted by Gasteiger charge is 2.17. The van der Waals surface area contributed by atoms with Crippen LogP contribution in [-0.4, -0.2) is 39.9 Å². The molecule has 2 heterocycles. The summed E-state index contributed by atoms with van der Waals surface area (Å²) >= 11 is 0. The first-order chi connectivity index (χ1) is 14.1. The van der Waals surface area contributed by atoms with Gasteiger partial charge in [-0.2, -0.15) is 9.61 Å². The lowest BCUT2D eigenvalue weighted by atomic mass is 10.1. The highest BCUT2D eigenvalue weighted by atomic mass is 16.5. The third-order valence-corrected chi connectivity index (χ3v) is 4.48. The number of para-hydroxylation sites is 1. The van der Waals surface area contributed by atoms with Gasteiger partial charge in [-0.1, -0.05) is 18.2 Å². The zero-order valence-corrected chi connectivity index (χ0v) is 16.2. The van der Waals surface area contributed by atoms with Crippen LogP contribution < -0.4 is 14.8 Å². The van der Waals surface area contributed by atoms with E-state index < -0.39 is 0 Å². The lowest BCUT2D eigenvalue weighted by Crippen LogP contribution is -2.13. The highest BCUT2D eigenvalue weighted by molar-refractivity contribution is 6.07. The van der Waals surface area contributed by atoms with Gasteiger partial charge in [0.15, 0.2) is 23.0 Å². The average molecular weight is 389 g/mol. The van der Waals surface area contributed by atoms with E-state index >= 15 is 0 Å². The number of carbonyl (C=O) groups is 1. The molecule has 4 aromatic rings. The topological polar surface area (TPSA) is 90.6 Å². The van der Waals surface area contributed by atoms with Gasteiger partial charge in [-0.3, -0.25) is 4.79 Å². The predicted molar refractivity (Wildman–Crippen MR) is 108 cm³/mol. The Morgan fingerprint density at radius 1 is 1.00 bits per heavy atom. The van der Waals surface area contributed by atoms with Gasteiger partial charge < -0.3 is 14.8 Å². The molecule has 8 heteroatoms. The number of nitrogens with one attached hydrogen (secondary N) is 1. The second-order valence-corrected chi connectivity index (χ2v) is 6.31. The maximum absolute atomic E-state index is 12.8. The minimum absolute atomic E-state index is 0.295. The lowest BCUT2D eigenvalue weighted by Gasteiger charge is -2.13. The van der Waals surface area contributed by atoms with Crippen LogP contribution in [0.1, 0.15) is 16.2 Å². The van der Waals surface area contributed by atoms with Gasteiger partial charge in [0.25, 0.3) is 5.91 Å². The second-order valence-electron chi connectivity index (χ2n) is 6.31. The number of benzene rings is 2. The Kier molecular flexibility index (Phi) is 4.82. The number of hydrogen-bond donors (Lipinski definition) is 1. The van der Waals surface area contributed by atoms with Gasteiger partial charge in [0, 0.05) is 11.3 Å². The summed E-state index contributed by atoms with van der Waals surface area (Å²) in [6.45, 7) is 1.84. The van der Waals surface area contributed by atoms with Crippen LogP contribution in [-0.2, 0) is 0 Å². The average Bonchev–Trinajstić information content (AvgIpc) is 3.13. The summed E-state index contributed by atoms with van der Waals surface area (Å²) in [6, 6.07) is 16.4. The fourth-order valence-electron chi connectivity index (χ4n) is 3.07. The molecule has 0 spiro atoms. The van der Waals surface area contributed by atoms with Crippen LogP contribution in [0.3, 0.4) is 0 Å². The van der Waals surface area contributed by atoms with Crippen molar-refractivity contribution in [2.24, 2.45) is 0 Å². The van der Waals surface area contributed by atoms with Crippen molar-refractivity contribution in [3.05, 3.63) is 66.0 Å². The smallest absolute Gasteiger partial charge is 0.259 e. The second kappa shape index (κ2) is 7.59. The van der Waals surface area contributed by atoms with E-state index in [1.165, 1.54) is 14.2 Å². The van der Waals surface area contributed by atoms with Crippen LogP contribution in [0.5, 0.6) is 11.5 Å². The molecule has 8 nitrogen and oxygen atoms in total. The number of aryl methyl sites for hydroxylation is 1. The van der Waals surface area contributed by atoms with Crippen molar-refractivity contribution in [3.63, 3.8) is 0 Å². The minimum atomic E-state index is -0.295. The van der Waals surface area contributed by atoms with Crippen molar-refractivity contribution in [1.82, 2.24) is 19.8 Å². The molecule has 1 N–H and O–H groups in total. The number of hydrogen-bond acceptors (Lipinski definition) is 6. The first-order valence-corrected chi connectivity index (χ1v) is 8.92. The molecule has 0 saturated heterocycles. The number of anilines is 1. The molecule has 0 unspecified atom stereocenters. The molecule has 0 bridgehead atoms. The summed E-state index contributed by atoms with van der Waals surface area (Å²) in [7, 11) is 3.04. The van der Waals surface area contributed by atoms with Crippen molar-refractivity contribution < 1.29 is 14.3 Å². The molecular weight excluding hydrogens is 370 g/mol. The highest BCUT2D eigenvalue weighted by Crippen LogP contribution is 2.31. The van der Waals surface area contributed by atoms with E-state index in [0.717, 1.165) is 11.3 Å². The Bertz CT molecular complexity index is 1200. The van der Waals surface area contributed by atoms with Gasteiger partial charge in [0.2, 0.25) is 0 Å². The van der Waals surface area contributed by atoms with Gasteiger partial charge in [0.05, 0.1) is 25.5 Å². The summed E-state index contributed by atoms with van der Waals surface area (Å²) in [5, 5.41) is 15.5. The molecule has 1 amide bonds. The Hall–Kier alpha value is -3.94. The third kappa shape index (κ3) is 3.47. The fraction of sp³-hybridized carbons (Fsp3) is 0.143. The van der Waals surface area contributed by atoms with E-state index in [1.807, 2.05) is 43.3 Å². The molecule has 146 valence electrons. The van der Waals surface area contributed by atoms with Gasteiger partial charge in [0.1, 0.15) is 0 Å².